The van der Waals surface area contributed by atoms with Crippen LogP contribution in [0.4, 0.5) is 0 Å². The van der Waals surface area contributed by atoms with Gasteiger partial charge in [-0.3, -0.25) is 5.10 Å². The first-order valence-electron chi connectivity index (χ1n) is 9.45. The van der Waals surface area contributed by atoms with Crippen molar-refractivity contribution in [3.8, 4) is 39.7 Å². The van der Waals surface area contributed by atoms with E-state index in [0.29, 0.717) is 21.9 Å². The van der Waals surface area contributed by atoms with Gasteiger partial charge in [-0.2, -0.15) is 10.4 Å². The van der Waals surface area contributed by atoms with Crippen LogP contribution in [0.5, 0.6) is 0 Å². The molecule has 1 N–H and O–H groups in total. The highest BCUT2D eigenvalue weighted by atomic mass is 35.5. The molecule has 0 radical (unpaired) electrons. The van der Waals surface area contributed by atoms with Gasteiger partial charge in [0.2, 0.25) is 0 Å². The van der Waals surface area contributed by atoms with Crippen molar-refractivity contribution in [2.75, 3.05) is 0 Å². The summed E-state index contributed by atoms with van der Waals surface area (Å²) in [5, 5.41) is 19.3. The van der Waals surface area contributed by atoms with Gasteiger partial charge < -0.3 is 0 Å². The van der Waals surface area contributed by atoms with E-state index in [0.717, 1.165) is 33.3 Å². The summed E-state index contributed by atoms with van der Waals surface area (Å²) in [5.41, 5.74) is 6.08. The lowest BCUT2D eigenvalue weighted by atomic mass is 9.92. The summed E-state index contributed by atoms with van der Waals surface area (Å²) in [6, 6.07) is 29.6. The number of nitrogens with one attached hydrogen (secondary N) is 1. The predicted octanol–water partition coefficient (Wildman–Crippen LogP) is 6.48. The van der Waals surface area contributed by atoms with Gasteiger partial charge in [0.15, 0.2) is 5.65 Å². The van der Waals surface area contributed by atoms with Crippen LogP contribution in [-0.4, -0.2) is 15.2 Å². The van der Waals surface area contributed by atoms with Gasteiger partial charge in [0.05, 0.1) is 22.3 Å². The third-order valence-electron chi connectivity index (χ3n) is 5.06. The summed E-state index contributed by atoms with van der Waals surface area (Å²) >= 11 is 6.06. The fraction of sp³-hybridized carbons (Fsp3) is 0. The number of nitriles is 1. The van der Waals surface area contributed by atoms with Crippen LogP contribution in [0.15, 0.2) is 84.9 Å². The number of aromatic nitrogens is 3. The zero-order valence-electron chi connectivity index (χ0n) is 15.8. The van der Waals surface area contributed by atoms with Gasteiger partial charge in [0.1, 0.15) is 6.07 Å². The van der Waals surface area contributed by atoms with Crippen LogP contribution in [-0.2, 0) is 0 Å². The van der Waals surface area contributed by atoms with Crippen LogP contribution >= 0.6 is 11.6 Å². The minimum atomic E-state index is 0.509. The van der Waals surface area contributed by atoms with Crippen LogP contribution < -0.4 is 0 Å². The molecule has 2 aromatic heterocycles. The second-order valence-electron chi connectivity index (χ2n) is 6.86. The average molecular weight is 407 g/mol. The number of rotatable bonds is 3. The fourth-order valence-corrected chi connectivity index (χ4v) is 3.81. The predicted molar refractivity (Wildman–Crippen MR) is 120 cm³/mol. The molecule has 0 saturated heterocycles. The molecule has 0 aliphatic heterocycles. The van der Waals surface area contributed by atoms with Crippen molar-refractivity contribution < 1.29 is 0 Å². The first-order chi connectivity index (χ1) is 14.8. The number of hydrogen-bond acceptors (Lipinski definition) is 3. The molecule has 0 spiro atoms. The SMILES string of the molecule is N#Cc1c(-c2ccc(Cl)cc2)nc2n[nH]c(-c3ccccc3)c2c1-c1ccccc1. The van der Waals surface area contributed by atoms with Gasteiger partial charge in [-0.05, 0) is 17.7 Å². The lowest BCUT2D eigenvalue weighted by Crippen LogP contribution is -1.96. The van der Waals surface area contributed by atoms with Crippen LogP contribution in [0, 0.1) is 11.3 Å². The van der Waals surface area contributed by atoms with Gasteiger partial charge in [0, 0.05) is 21.7 Å². The van der Waals surface area contributed by atoms with E-state index >= 15 is 0 Å². The van der Waals surface area contributed by atoms with Crippen LogP contribution in [0.3, 0.4) is 0 Å². The number of fused-ring (bicyclic) bond motifs is 1. The van der Waals surface area contributed by atoms with Crippen LogP contribution in [0.1, 0.15) is 5.56 Å². The minimum absolute atomic E-state index is 0.509. The van der Waals surface area contributed by atoms with Crippen molar-refractivity contribution in [3.05, 3.63) is 95.5 Å². The van der Waals surface area contributed by atoms with Gasteiger partial charge in [-0.25, -0.2) is 4.98 Å². The molecule has 0 atom stereocenters. The second-order valence-corrected chi connectivity index (χ2v) is 7.29. The minimum Gasteiger partial charge on any atom is -0.275 e. The van der Waals surface area contributed by atoms with Crippen LogP contribution in [0.25, 0.3) is 44.7 Å². The summed E-state index contributed by atoms with van der Waals surface area (Å²) in [6.45, 7) is 0. The molecule has 5 aromatic rings. The molecular weight excluding hydrogens is 392 g/mol. The highest BCUT2D eigenvalue weighted by Gasteiger charge is 2.22. The Bertz CT molecular complexity index is 1380. The Morgan fingerprint density at radius 3 is 2.03 bits per heavy atom. The molecule has 2 heterocycles. The summed E-state index contributed by atoms with van der Waals surface area (Å²) < 4.78 is 0. The molecule has 5 rings (SSSR count). The Hall–Kier alpha value is -3.94. The van der Waals surface area contributed by atoms with Crippen LogP contribution in [0.2, 0.25) is 5.02 Å². The number of halogens is 1. The lowest BCUT2D eigenvalue weighted by Gasteiger charge is -2.12. The topological polar surface area (TPSA) is 65.4 Å². The standard InChI is InChI=1S/C25H15ClN4/c26-19-13-11-18(12-14-19)23-20(15-27)21(16-7-3-1-4-8-16)22-24(29-30-25(22)28-23)17-9-5-2-6-10-17/h1-14H,(H,28,29,30). The Kier molecular flexibility index (Phi) is 4.51. The normalized spacial score (nSPS) is 10.8. The molecule has 0 aliphatic carbocycles. The molecule has 0 saturated carbocycles. The molecule has 0 bridgehead atoms. The van der Waals surface area contributed by atoms with E-state index in [1.165, 1.54) is 0 Å². The van der Waals surface area contributed by atoms with E-state index in [2.05, 4.69) is 16.3 Å². The molecule has 5 heteroatoms. The first kappa shape index (κ1) is 18.1. The van der Waals surface area contributed by atoms with Gasteiger partial charge in [-0.15, -0.1) is 0 Å². The summed E-state index contributed by atoms with van der Waals surface area (Å²) in [7, 11) is 0. The van der Waals surface area contributed by atoms with Crippen molar-refractivity contribution in [1.82, 2.24) is 15.2 Å². The van der Waals surface area contributed by atoms with E-state index in [-0.39, 0.29) is 0 Å². The summed E-state index contributed by atoms with van der Waals surface area (Å²) in [5.74, 6) is 0. The molecule has 0 amide bonds. The molecule has 142 valence electrons. The van der Waals surface area contributed by atoms with Crippen molar-refractivity contribution in [1.29, 1.82) is 5.26 Å². The third-order valence-corrected chi connectivity index (χ3v) is 5.31. The van der Waals surface area contributed by atoms with Crippen molar-refractivity contribution in [2.45, 2.75) is 0 Å². The Labute approximate surface area is 178 Å². The second kappa shape index (κ2) is 7.47. The number of benzene rings is 3. The lowest BCUT2D eigenvalue weighted by molar-refractivity contribution is 1.10. The molecule has 4 nitrogen and oxygen atoms in total. The van der Waals surface area contributed by atoms with Crippen molar-refractivity contribution >= 4 is 22.6 Å². The monoisotopic (exact) mass is 406 g/mol. The number of aromatic amines is 1. The Morgan fingerprint density at radius 1 is 0.767 bits per heavy atom. The molecule has 3 aromatic carbocycles. The zero-order valence-corrected chi connectivity index (χ0v) is 16.6. The van der Waals surface area contributed by atoms with Gasteiger partial charge in [-0.1, -0.05) is 84.4 Å². The molecular formula is C25H15ClN4. The quantitative estimate of drug-likeness (QED) is 0.372. The third kappa shape index (κ3) is 3.02. The summed E-state index contributed by atoms with van der Waals surface area (Å²) in [6.07, 6.45) is 0. The molecule has 30 heavy (non-hydrogen) atoms. The fourth-order valence-electron chi connectivity index (χ4n) is 3.69. The number of pyridine rings is 1. The van der Waals surface area contributed by atoms with E-state index in [1.807, 2.05) is 72.8 Å². The molecule has 0 unspecified atom stereocenters. The molecule has 0 aliphatic rings. The highest BCUT2D eigenvalue weighted by molar-refractivity contribution is 6.30. The van der Waals surface area contributed by atoms with E-state index in [9.17, 15) is 5.26 Å². The highest BCUT2D eigenvalue weighted by Crippen LogP contribution is 2.40. The maximum Gasteiger partial charge on any atom is 0.182 e. The maximum absolute atomic E-state index is 10.2. The van der Waals surface area contributed by atoms with E-state index in [1.54, 1.807) is 12.1 Å². The summed E-state index contributed by atoms with van der Waals surface area (Å²) in [4.78, 5) is 4.77. The van der Waals surface area contributed by atoms with E-state index < -0.39 is 0 Å². The van der Waals surface area contributed by atoms with Gasteiger partial charge >= 0.3 is 0 Å². The largest absolute Gasteiger partial charge is 0.275 e. The number of H-pyrrole nitrogens is 1. The van der Waals surface area contributed by atoms with Crippen molar-refractivity contribution in [3.63, 3.8) is 0 Å². The van der Waals surface area contributed by atoms with E-state index in [4.69, 9.17) is 16.6 Å². The zero-order chi connectivity index (χ0) is 20.5. The number of nitrogens with zero attached hydrogens (tertiary/aromatic N) is 3. The Balaban J connectivity index is 1.90. The van der Waals surface area contributed by atoms with Crippen molar-refractivity contribution in [2.24, 2.45) is 0 Å². The Morgan fingerprint density at radius 2 is 1.40 bits per heavy atom. The smallest absolute Gasteiger partial charge is 0.182 e. The maximum atomic E-state index is 10.2. The average Bonchev–Trinajstić information content (AvgIpc) is 3.23. The number of hydrogen-bond donors (Lipinski definition) is 1. The molecule has 0 fully saturated rings. The van der Waals surface area contributed by atoms with Gasteiger partial charge in [0.25, 0.3) is 0 Å². The first-order valence-corrected chi connectivity index (χ1v) is 9.83.